The average Bonchev–Trinajstić information content (AvgIpc) is 2.59. The second-order valence-electron chi connectivity index (χ2n) is 6.49. The number of hydrogen-bond acceptors (Lipinski definition) is 5. The van der Waals surface area contributed by atoms with Gasteiger partial charge in [0.25, 0.3) is 0 Å². The summed E-state index contributed by atoms with van der Waals surface area (Å²) in [6.45, 7) is 3.57. The molecule has 2 rings (SSSR count). The Morgan fingerprint density at radius 2 is 2.00 bits per heavy atom. The summed E-state index contributed by atoms with van der Waals surface area (Å²) < 4.78 is 23.4. The van der Waals surface area contributed by atoms with Gasteiger partial charge in [0.1, 0.15) is 0 Å². The average molecular weight is 369 g/mol. The van der Waals surface area contributed by atoms with Crippen LogP contribution in [0.15, 0.2) is 24.3 Å². The van der Waals surface area contributed by atoms with Crippen LogP contribution in [0.1, 0.15) is 32.6 Å². The number of primary sulfonamides is 1. The molecule has 1 aliphatic heterocycles. The van der Waals surface area contributed by atoms with Crippen LogP contribution in [0.2, 0.25) is 0 Å². The minimum atomic E-state index is -3.95. The topological polar surface area (TPSA) is 113 Å². The second-order valence-corrected chi connectivity index (χ2v) is 8.23. The molecule has 0 spiro atoms. The number of nitrogens with one attached hydrogen (secondary N) is 1. The van der Waals surface area contributed by atoms with Crippen molar-refractivity contribution in [3.63, 3.8) is 0 Å². The lowest BCUT2D eigenvalue weighted by atomic mass is 9.97. The van der Waals surface area contributed by atoms with Crippen LogP contribution in [0, 0.1) is 5.92 Å². The fourth-order valence-corrected chi connectivity index (χ4v) is 4.05. The van der Waals surface area contributed by atoms with E-state index in [1.165, 1.54) is 0 Å². The summed E-state index contributed by atoms with van der Waals surface area (Å²) in [7, 11) is -3.95. The number of nitrogens with two attached hydrogens (primary N) is 1. The molecule has 4 N–H and O–H groups in total. The Morgan fingerprint density at radius 3 is 2.56 bits per heavy atom. The molecule has 0 bridgehead atoms. The van der Waals surface area contributed by atoms with Crippen molar-refractivity contribution >= 4 is 27.3 Å². The van der Waals surface area contributed by atoms with Gasteiger partial charge in [-0.1, -0.05) is 25.5 Å². The Hall–Kier alpha value is -1.64. The highest BCUT2D eigenvalue weighted by Gasteiger charge is 2.29. The number of anilines is 2. The third kappa shape index (κ3) is 5.17. The highest BCUT2D eigenvalue weighted by atomic mass is 32.2. The summed E-state index contributed by atoms with van der Waals surface area (Å²) in [5, 5.41) is 16.0. The second kappa shape index (κ2) is 8.64. The van der Waals surface area contributed by atoms with Crippen LogP contribution < -0.4 is 15.4 Å². The van der Waals surface area contributed by atoms with Gasteiger partial charge in [-0.25, -0.2) is 13.6 Å². The van der Waals surface area contributed by atoms with Gasteiger partial charge in [-0.3, -0.25) is 4.79 Å². The first-order valence-electron chi connectivity index (χ1n) is 8.64. The van der Waals surface area contributed by atoms with Gasteiger partial charge in [-0.2, -0.15) is 0 Å². The van der Waals surface area contributed by atoms with Crippen molar-refractivity contribution in [1.29, 1.82) is 0 Å². The summed E-state index contributed by atoms with van der Waals surface area (Å²) in [5.41, 5.74) is 1.44. The molecular formula is C17H27N3O4S. The van der Waals surface area contributed by atoms with E-state index in [4.69, 9.17) is 5.14 Å². The largest absolute Gasteiger partial charge is 0.396 e. The summed E-state index contributed by atoms with van der Waals surface area (Å²) in [6, 6.07) is 7.34. The van der Waals surface area contributed by atoms with Gasteiger partial charge in [0, 0.05) is 19.7 Å². The van der Waals surface area contributed by atoms with Gasteiger partial charge in [0.15, 0.2) is 5.25 Å². The zero-order valence-corrected chi connectivity index (χ0v) is 15.3. The van der Waals surface area contributed by atoms with Gasteiger partial charge in [0.05, 0.1) is 11.4 Å². The number of carbonyl (C=O) groups is 1. The highest BCUT2D eigenvalue weighted by molar-refractivity contribution is 7.90. The number of carbonyl (C=O) groups excluding carboxylic acids is 1. The van der Waals surface area contributed by atoms with Crippen LogP contribution in [0.25, 0.3) is 0 Å². The van der Waals surface area contributed by atoms with Crippen LogP contribution >= 0.6 is 0 Å². The van der Waals surface area contributed by atoms with Crippen molar-refractivity contribution in [2.75, 3.05) is 29.9 Å². The van der Waals surface area contributed by atoms with Gasteiger partial charge in [-0.05, 0) is 37.3 Å². The molecule has 8 heteroatoms. The number of benzene rings is 1. The van der Waals surface area contributed by atoms with Crippen LogP contribution in [0.5, 0.6) is 0 Å². The number of amides is 1. The number of hydrogen-bond donors (Lipinski definition) is 3. The maximum Gasteiger partial charge on any atom is 0.244 e. The molecule has 0 aliphatic carbocycles. The van der Waals surface area contributed by atoms with Gasteiger partial charge in [-0.15, -0.1) is 0 Å². The first kappa shape index (κ1) is 19.7. The molecule has 1 saturated heterocycles. The SMILES string of the molecule is CCCC(C(=O)Nc1ccccc1N1CCC(CO)CC1)S(N)(=O)=O. The molecule has 1 unspecified atom stereocenters. The van der Waals surface area contributed by atoms with Crippen molar-refractivity contribution in [3.8, 4) is 0 Å². The number of aliphatic hydroxyl groups is 1. The van der Waals surface area contributed by atoms with Gasteiger partial charge in [0.2, 0.25) is 15.9 Å². The number of sulfonamides is 1. The lowest BCUT2D eigenvalue weighted by Crippen LogP contribution is -2.40. The quantitative estimate of drug-likeness (QED) is 0.670. The van der Waals surface area contributed by atoms with E-state index in [2.05, 4.69) is 10.2 Å². The van der Waals surface area contributed by atoms with E-state index in [1.807, 2.05) is 19.1 Å². The fraction of sp³-hybridized carbons (Fsp3) is 0.588. The maximum absolute atomic E-state index is 12.5. The molecule has 1 heterocycles. The molecule has 1 amide bonds. The van der Waals surface area contributed by atoms with E-state index >= 15 is 0 Å². The minimum Gasteiger partial charge on any atom is -0.396 e. The van der Waals surface area contributed by atoms with Crippen molar-refractivity contribution in [2.24, 2.45) is 11.1 Å². The molecule has 1 aliphatic rings. The molecule has 1 aromatic carbocycles. The van der Waals surface area contributed by atoms with E-state index < -0.39 is 21.2 Å². The minimum absolute atomic E-state index is 0.189. The van der Waals surface area contributed by atoms with E-state index in [9.17, 15) is 18.3 Å². The first-order chi connectivity index (χ1) is 11.9. The summed E-state index contributed by atoms with van der Waals surface area (Å²) in [4.78, 5) is 14.6. The Balaban J connectivity index is 2.16. The smallest absolute Gasteiger partial charge is 0.244 e. The van der Waals surface area contributed by atoms with Crippen molar-refractivity contribution in [1.82, 2.24) is 0 Å². The van der Waals surface area contributed by atoms with E-state index in [0.717, 1.165) is 31.6 Å². The molecule has 0 aromatic heterocycles. The zero-order chi connectivity index (χ0) is 18.4. The monoisotopic (exact) mass is 369 g/mol. The normalized spacial score (nSPS) is 17.3. The molecule has 1 fully saturated rings. The number of para-hydroxylation sites is 2. The predicted molar refractivity (Wildman–Crippen MR) is 98.9 cm³/mol. The van der Waals surface area contributed by atoms with Crippen LogP contribution in [0.4, 0.5) is 11.4 Å². The Bertz CT molecular complexity index is 685. The molecule has 1 atom stereocenters. The summed E-state index contributed by atoms with van der Waals surface area (Å²) in [6.07, 6.45) is 2.50. The van der Waals surface area contributed by atoms with Gasteiger partial charge < -0.3 is 15.3 Å². The van der Waals surface area contributed by atoms with Gasteiger partial charge >= 0.3 is 0 Å². The predicted octanol–water partition coefficient (Wildman–Crippen LogP) is 1.29. The Morgan fingerprint density at radius 1 is 1.36 bits per heavy atom. The van der Waals surface area contributed by atoms with Crippen LogP contribution in [0.3, 0.4) is 0 Å². The van der Waals surface area contributed by atoms with Crippen molar-refractivity contribution < 1.29 is 18.3 Å². The fourth-order valence-electron chi connectivity index (χ4n) is 3.13. The number of piperidine rings is 1. The summed E-state index contributed by atoms with van der Waals surface area (Å²) in [5.74, 6) is -0.281. The van der Waals surface area contributed by atoms with Crippen LogP contribution in [-0.4, -0.2) is 44.4 Å². The molecule has 140 valence electrons. The lowest BCUT2D eigenvalue weighted by molar-refractivity contribution is -0.115. The third-order valence-corrected chi connectivity index (χ3v) is 5.86. The molecular weight excluding hydrogens is 342 g/mol. The van der Waals surface area contributed by atoms with E-state index in [1.54, 1.807) is 12.1 Å². The highest BCUT2D eigenvalue weighted by Crippen LogP contribution is 2.30. The number of rotatable bonds is 7. The first-order valence-corrected chi connectivity index (χ1v) is 10.2. The molecule has 0 radical (unpaired) electrons. The maximum atomic E-state index is 12.5. The Labute approximate surface area is 149 Å². The molecule has 0 saturated carbocycles. The van der Waals surface area contributed by atoms with Crippen molar-refractivity contribution in [3.05, 3.63) is 24.3 Å². The van der Waals surface area contributed by atoms with E-state index in [-0.39, 0.29) is 13.0 Å². The standard InChI is InChI=1S/C17H27N3O4S/c1-2-5-16(25(18,23)24)17(22)19-14-6-3-4-7-15(14)20-10-8-13(12-21)9-11-20/h3-4,6-7,13,16,21H,2,5,8-12H2,1H3,(H,19,22)(H2,18,23,24). The summed E-state index contributed by atoms with van der Waals surface area (Å²) >= 11 is 0. The third-order valence-electron chi connectivity index (χ3n) is 4.62. The molecule has 7 nitrogen and oxygen atoms in total. The Kier molecular flexibility index (Phi) is 6.80. The van der Waals surface area contributed by atoms with Crippen molar-refractivity contribution in [2.45, 2.75) is 37.9 Å². The van der Waals surface area contributed by atoms with E-state index in [0.29, 0.717) is 18.0 Å². The number of aliphatic hydroxyl groups excluding tert-OH is 1. The lowest BCUT2D eigenvalue weighted by Gasteiger charge is -2.34. The number of nitrogens with zero attached hydrogens (tertiary/aromatic N) is 1. The van der Waals surface area contributed by atoms with Crippen LogP contribution in [-0.2, 0) is 14.8 Å². The zero-order valence-electron chi connectivity index (χ0n) is 14.5. The molecule has 25 heavy (non-hydrogen) atoms. The molecule has 1 aromatic rings.